The second-order valence-corrected chi connectivity index (χ2v) is 3.62. The average molecular weight is 197 g/mol. The van der Waals surface area contributed by atoms with E-state index in [2.05, 4.69) is 6.07 Å². The third-order valence-corrected chi connectivity index (χ3v) is 2.52. The minimum absolute atomic E-state index is 0.524. The molecule has 15 heavy (non-hydrogen) atoms. The molecule has 2 rings (SSSR count). The van der Waals surface area contributed by atoms with Gasteiger partial charge in [0.15, 0.2) is 0 Å². The van der Waals surface area contributed by atoms with Gasteiger partial charge in [-0.2, -0.15) is 5.26 Å². The van der Waals surface area contributed by atoms with Gasteiger partial charge in [-0.1, -0.05) is 0 Å². The Hall–Kier alpha value is -2.08. The fourth-order valence-electron chi connectivity index (χ4n) is 1.76. The molecule has 0 saturated carbocycles. The third-order valence-electron chi connectivity index (χ3n) is 2.52. The molecule has 74 valence electrons. The highest BCUT2D eigenvalue weighted by Crippen LogP contribution is 2.22. The number of nitriles is 1. The van der Waals surface area contributed by atoms with Crippen LogP contribution < -0.4 is 0 Å². The fraction of sp³-hybridized carbons (Fsp3) is 0.167. The smallest absolute Gasteiger partial charge is 0.0991 e. The van der Waals surface area contributed by atoms with E-state index in [9.17, 15) is 0 Å². The number of nitrogens with one attached hydrogen (secondary N) is 1. The van der Waals surface area contributed by atoms with Gasteiger partial charge < -0.3 is 9.98 Å². The molecule has 0 aliphatic carbocycles. The van der Waals surface area contributed by atoms with Crippen LogP contribution >= 0.6 is 0 Å². The summed E-state index contributed by atoms with van der Waals surface area (Å²) in [5.41, 5.74) is 3.10. The molecule has 0 aliphatic heterocycles. The minimum Gasteiger partial charge on any atom is -0.350 e. The van der Waals surface area contributed by atoms with Crippen LogP contribution in [0.25, 0.3) is 10.9 Å². The Morgan fingerprint density at radius 1 is 1.47 bits per heavy atom. The van der Waals surface area contributed by atoms with Gasteiger partial charge in [0.25, 0.3) is 0 Å². The molecule has 3 nitrogen and oxygen atoms in total. The lowest BCUT2D eigenvalue weighted by atomic mass is 10.1. The first-order valence-electron chi connectivity index (χ1n) is 4.68. The molecule has 1 N–H and O–H groups in total. The maximum absolute atomic E-state index is 8.82. The number of benzene rings is 1. The number of aromatic nitrogens is 1. The van der Waals surface area contributed by atoms with Gasteiger partial charge in [0.05, 0.1) is 11.6 Å². The van der Waals surface area contributed by atoms with E-state index in [0.717, 1.165) is 16.5 Å². The van der Waals surface area contributed by atoms with Crippen molar-refractivity contribution >= 4 is 16.6 Å². The van der Waals surface area contributed by atoms with Crippen LogP contribution in [0.15, 0.2) is 24.4 Å². The van der Waals surface area contributed by atoms with Crippen LogP contribution in [0.5, 0.6) is 0 Å². The van der Waals surface area contributed by atoms with E-state index >= 15 is 0 Å². The molecule has 0 saturated heterocycles. The molecule has 1 aromatic heterocycles. The van der Waals surface area contributed by atoms with E-state index < -0.39 is 0 Å². The molecule has 1 aromatic carbocycles. The number of rotatable bonds is 1. The maximum Gasteiger partial charge on any atom is 0.0991 e. The number of aryl methyl sites for hydroxylation is 1. The van der Waals surface area contributed by atoms with Crippen LogP contribution in [-0.2, 0) is 7.05 Å². The highest BCUT2D eigenvalue weighted by molar-refractivity contribution is 6.08. The van der Waals surface area contributed by atoms with E-state index in [-0.39, 0.29) is 0 Å². The van der Waals surface area contributed by atoms with Gasteiger partial charge in [0, 0.05) is 35.4 Å². The van der Waals surface area contributed by atoms with Crippen LogP contribution in [0.2, 0.25) is 0 Å². The first-order valence-corrected chi connectivity index (χ1v) is 4.68. The van der Waals surface area contributed by atoms with Crippen LogP contribution in [0.4, 0.5) is 0 Å². The van der Waals surface area contributed by atoms with E-state index in [1.807, 2.05) is 29.9 Å². The zero-order chi connectivity index (χ0) is 11.0. The van der Waals surface area contributed by atoms with Crippen molar-refractivity contribution in [3.05, 3.63) is 35.5 Å². The number of hydrogen-bond donors (Lipinski definition) is 1. The predicted octanol–water partition coefficient (Wildman–Crippen LogP) is 2.44. The van der Waals surface area contributed by atoms with Crippen LogP contribution in [-0.4, -0.2) is 10.3 Å². The lowest BCUT2D eigenvalue weighted by molar-refractivity contribution is 0.967. The third kappa shape index (κ3) is 1.40. The summed E-state index contributed by atoms with van der Waals surface area (Å²) in [6.07, 6.45) is 1.92. The molecule has 0 spiro atoms. The monoisotopic (exact) mass is 197 g/mol. The maximum atomic E-state index is 8.82. The zero-order valence-electron chi connectivity index (χ0n) is 8.70. The lowest BCUT2D eigenvalue weighted by Crippen LogP contribution is -1.89. The summed E-state index contributed by atoms with van der Waals surface area (Å²) in [4.78, 5) is 0. The van der Waals surface area contributed by atoms with Gasteiger partial charge in [0.1, 0.15) is 0 Å². The minimum atomic E-state index is 0.524. The fourth-order valence-corrected chi connectivity index (χ4v) is 1.76. The topological polar surface area (TPSA) is 52.6 Å². The van der Waals surface area contributed by atoms with E-state index in [4.69, 9.17) is 10.7 Å². The van der Waals surface area contributed by atoms with Crippen molar-refractivity contribution < 1.29 is 0 Å². The molecular weight excluding hydrogens is 186 g/mol. The lowest BCUT2D eigenvalue weighted by Gasteiger charge is -1.96. The Morgan fingerprint density at radius 3 is 2.80 bits per heavy atom. The molecule has 0 amide bonds. The molecule has 1 heterocycles. The van der Waals surface area contributed by atoms with Crippen LogP contribution in [0.3, 0.4) is 0 Å². The van der Waals surface area contributed by atoms with Gasteiger partial charge in [-0.3, -0.25) is 0 Å². The van der Waals surface area contributed by atoms with E-state index in [0.29, 0.717) is 11.3 Å². The van der Waals surface area contributed by atoms with Crippen LogP contribution in [0, 0.1) is 16.7 Å². The van der Waals surface area contributed by atoms with Crippen molar-refractivity contribution in [2.24, 2.45) is 7.05 Å². The van der Waals surface area contributed by atoms with Gasteiger partial charge in [-0.15, -0.1) is 0 Å². The summed E-state index contributed by atoms with van der Waals surface area (Å²) in [7, 11) is 1.95. The SMILES string of the molecule is CC(=N)c1cn(C)c2ccc(C#N)cc12. The first kappa shape index (κ1) is 9.47. The molecule has 0 unspecified atom stereocenters. The molecular formula is C12H11N3. The molecule has 0 fully saturated rings. The quantitative estimate of drug-likeness (QED) is 0.701. The van der Waals surface area contributed by atoms with Crippen molar-refractivity contribution in [2.75, 3.05) is 0 Å². The van der Waals surface area contributed by atoms with Gasteiger partial charge >= 0.3 is 0 Å². The molecule has 0 atom stereocenters. The van der Waals surface area contributed by atoms with Crippen molar-refractivity contribution in [1.82, 2.24) is 4.57 Å². The largest absolute Gasteiger partial charge is 0.350 e. The average Bonchev–Trinajstić information content (AvgIpc) is 2.56. The predicted molar refractivity (Wildman–Crippen MR) is 60.1 cm³/mol. The Bertz CT molecular complexity index is 585. The van der Waals surface area contributed by atoms with Crippen LogP contribution in [0.1, 0.15) is 18.1 Å². The Kier molecular flexibility index (Phi) is 2.05. The van der Waals surface area contributed by atoms with Crippen molar-refractivity contribution in [1.29, 1.82) is 10.7 Å². The van der Waals surface area contributed by atoms with E-state index in [1.165, 1.54) is 0 Å². The van der Waals surface area contributed by atoms with E-state index in [1.54, 1.807) is 13.0 Å². The number of fused-ring (bicyclic) bond motifs is 1. The Balaban J connectivity index is 2.84. The summed E-state index contributed by atoms with van der Waals surface area (Å²) in [5.74, 6) is 0. The second kappa shape index (κ2) is 3.25. The summed E-state index contributed by atoms with van der Waals surface area (Å²) in [6.45, 7) is 1.76. The van der Waals surface area contributed by atoms with Gasteiger partial charge in [-0.25, -0.2) is 0 Å². The highest BCUT2D eigenvalue weighted by atomic mass is 14.9. The normalized spacial score (nSPS) is 10.2. The standard InChI is InChI=1S/C12H11N3/c1-8(14)11-7-15(2)12-4-3-9(6-13)5-10(11)12/h3-5,7,14H,1-2H3. The molecule has 0 radical (unpaired) electrons. The van der Waals surface area contributed by atoms with Crippen molar-refractivity contribution in [3.8, 4) is 6.07 Å². The van der Waals surface area contributed by atoms with Gasteiger partial charge in [-0.05, 0) is 25.1 Å². The number of hydrogen-bond acceptors (Lipinski definition) is 2. The van der Waals surface area contributed by atoms with Gasteiger partial charge in [0.2, 0.25) is 0 Å². The first-order chi connectivity index (χ1) is 7.13. The summed E-state index contributed by atoms with van der Waals surface area (Å²) < 4.78 is 1.98. The Labute approximate surface area is 88.1 Å². The summed E-state index contributed by atoms with van der Waals surface area (Å²) >= 11 is 0. The summed E-state index contributed by atoms with van der Waals surface area (Å²) in [5, 5.41) is 17.5. The second-order valence-electron chi connectivity index (χ2n) is 3.62. The highest BCUT2D eigenvalue weighted by Gasteiger charge is 2.08. The zero-order valence-corrected chi connectivity index (χ0v) is 8.70. The molecule has 3 heteroatoms. The molecule has 2 aromatic rings. The number of nitrogens with zero attached hydrogens (tertiary/aromatic N) is 2. The molecule has 0 aliphatic rings. The Morgan fingerprint density at radius 2 is 2.20 bits per heavy atom. The van der Waals surface area contributed by atoms with Crippen molar-refractivity contribution in [3.63, 3.8) is 0 Å². The summed E-state index contributed by atoms with van der Waals surface area (Å²) in [6, 6.07) is 7.66. The van der Waals surface area contributed by atoms with Crippen molar-refractivity contribution in [2.45, 2.75) is 6.92 Å². The molecule has 0 bridgehead atoms.